The first-order chi connectivity index (χ1) is 13.2. The number of ether oxygens (including phenoxy) is 1. The lowest BCUT2D eigenvalue weighted by Crippen LogP contribution is -2.14. The van der Waals surface area contributed by atoms with Crippen molar-refractivity contribution >= 4 is 17.4 Å². The van der Waals surface area contributed by atoms with Crippen LogP contribution in [0.2, 0.25) is 0 Å². The molecule has 0 aliphatic rings. The number of rotatable bonds is 8. The molecule has 0 saturated heterocycles. The molecule has 0 atom stereocenters. The number of carbonyl (C=O) groups excluding carboxylic acids is 1. The fraction of sp³-hybridized carbons (Fsp3) is 0.190. The molecule has 0 spiro atoms. The maximum atomic E-state index is 12.4. The summed E-state index contributed by atoms with van der Waals surface area (Å²) in [7, 11) is 0. The molecule has 0 aliphatic heterocycles. The number of hydrogen-bond acceptors (Lipinski definition) is 5. The van der Waals surface area contributed by atoms with Gasteiger partial charge in [-0.2, -0.15) is 0 Å². The van der Waals surface area contributed by atoms with Crippen molar-refractivity contribution in [3.63, 3.8) is 0 Å². The number of benzene rings is 2. The molecule has 3 rings (SSSR count). The van der Waals surface area contributed by atoms with Gasteiger partial charge >= 0.3 is 0 Å². The van der Waals surface area contributed by atoms with Gasteiger partial charge in [-0.15, -0.1) is 0 Å². The van der Waals surface area contributed by atoms with Gasteiger partial charge in [0.1, 0.15) is 30.2 Å². The molecule has 0 saturated carbocycles. The van der Waals surface area contributed by atoms with Crippen LogP contribution in [-0.2, 0) is 6.61 Å². The first-order valence-corrected chi connectivity index (χ1v) is 8.88. The molecule has 0 bridgehead atoms. The molecular formula is C21H22N4O2. The Morgan fingerprint density at radius 3 is 2.56 bits per heavy atom. The molecule has 27 heavy (non-hydrogen) atoms. The zero-order valence-electron chi connectivity index (χ0n) is 15.2. The monoisotopic (exact) mass is 362 g/mol. The zero-order chi connectivity index (χ0) is 18.9. The fourth-order valence-electron chi connectivity index (χ4n) is 2.40. The summed E-state index contributed by atoms with van der Waals surface area (Å²) in [6, 6.07) is 18.9. The van der Waals surface area contributed by atoms with Gasteiger partial charge in [-0.05, 0) is 36.2 Å². The molecule has 0 aliphatic carbocycles. The minimum atomic E-state index is -0.282. The van der Waals surface area contributed by atoms with Crippen LogP contribution in [0.5, 0.6) is 5.75 Å². The Labute approximate surface area is 158 Å². The molecular weight excluding hydrogens is 340 g/mol. The average Bonchev–Trinajstić information content (AvgIpc) is 2.72. The standard InChI is InChI=1S/C21H22N4O2/c1-2-12-22-20-13-19(23-15-24-20)21(26)25-17-8-10-18(11-9-17)27-14-16-6-4-3-5-7-16/h3-11,13,15H,2,12,14H2,1H3,(H,25,26)(H,22,23,24). The third kappa shape index (κ3) is 5.54. The van der Waals surface area contributed by atoms with E-state index in [0.717, 1.165) is 24.3 Å². The van der Waals surface area contributed by atoms with Crippen LogP contribution in [0.1, 0.15) is 29.4 Å². The van der Waals surface area contributed by atoms with E-state index in [1.165, 1.54) is 6.33 Å². The Hall–Kier alpha value is -3.41. The number of anilines is 2. The van der Waals surface area contributed by atoms with Crippen LogP contribution in [0.3, 0.4) is 0 Å². The van der Waals surface area contributed by atoms with E-state index in [1.807, 2.05) is 42.5 Å². The van der Waals surface area contributed by atoms with Gasteiger partial charge in [-0.3, -0.25) is 4.79 Å². The molecule has 0 unspecified atom stereocenters. The highest BCUT2D eigenvalue weighted by Gasteiger charge is 2.09. The third-order valence-corrected chi connectivity index (χ3v) is 3.82. The summed E-state index contributed by atoms with van der Waals surface area (Å²) >= 11 is 0. The van der Waals surface area contributed by atoms with Gasteiger partial charge in [0, 0.05) is 18.3 Å². The smallest absolute Gasteiger partial charge is 0.274 e. The fourth-order valence-corrected chi connectivity index (χ4v) is 2.40. The highest BCUT2D eigenvalue weighted by atomic mass is 16.5. The number of hydrogen-bond donors (Lipinski definition) is 2. The van der Waals surface area contributed by atoms with Gasteiger partial charge in [-0.25, -0.2) is 9.97 Å². The number of amides is 1. The predicted octanol–water partition coefficient (Wildman–Crippen LogP) is 4.13. The van der Waals surface area contributed by atoms with Crippen LogP contribution in [0, 0.1) is 0 Å². The first kappa shape index (κ1) is 18.4. The van der Waals surface area contributed by atoms with Crippen LogP contribution < -0.4 is 15.4 Å². The Morgan fingerprint density at radius 1 is 1.04 bits per heavy atom. The Balaban J connectivity index is 1.57. The summed E-state index contributed by atoms with van der Waals surface area (Å²) < 4.78 is 5.75. The summed E-state index contributed by atoms with van der Waals surface area (Å²) in [6.07, 6.45) is 2.36. The van der Waals surface area contributed by atoms with Gasteiger partial charge in [0.25, 0.3) is 5.91 Å². The van der Waals surface area contributed by atoms with E-state index >= 15 is 0 Å². The van der Waals surface area contributed by atoms with E-state index in [9.17, 15) is 4.79 Å². The van der Waals surface area contributed by atoms with Gasteiger partial charge in [0.2, 0.25) is 0 Å². The molecule has 6 nitrogen and oxygen atoms in total. The van der Waals surface area contributed by atoms with Crippen LogP contribution in [0.4, 0.5) is 11.5 Å². The maximum absolute atomic E-state index is 12.4. The highest BCUT2D eigenvalue weighted by molar-refractivity contribution is 6.03. The molecule has 6 heteroatoms. The van der Waals surface area contributed by atoms with Crippen molar-refractivity contribution in [1.82, 2.24) is 9.97 Å². The van der Waals surface area contributed by atoms with Crippen LogP contribution >= 0.6 is 0 Å². The molecule has 1 amide bonds. The molecule has 2 aromatic carbocycles. The lowest BCUT2D eigenvalue weighted by atomic mass is 10.2. The van der Waals surface area contributed by atoms with E-state index in [4.69, 9.17) is 4.74 Å². The highest BCUT2D eigenvalue weighted by Crippen LogP contribution is 2.18. The number of aromatic nitrogens is 2. The van der Waals surface area contributed by atoms with Gasteiger partial charge in [0.15, 0.2) is 0 Å². The number of nitrogens with one attached hydrogen (secondary N) is 2. The normalized spacial score (nSPS) is 10.3. The van der Waals surface area contributed by atoms with Gasteiger partial charge in [-0.1, -0.05) is 37.3 Å². The van der Waals surface area contributed by atoms with Crippen molar-refractivity contribution < 1.29 is 9.53 Å². The molecule has 1 aromatic heterocycles. The summed E-state index contributed by atoms with van der Waals surface area (Å²) in [5.74, 6) is 1.10. The second-order valence-corrected chi connectivity index (χ2v) is 5.97. The summed E-state index contributed by atoms with van der Waals surface area (Å²) in [6.45, 7) is 3.36. The summed E-state index contributed by atoms with van der Waals surface area (Å²) in [4.78, 5) is 20.5. The van der Waals surface area contributed by atoms with Crippen molar-refractivity contribution in [1.29, 1.82) is 0 Å². The van der Waals surface area contributed by atoms with Crippen molar-refractivity contribution in [2.24, 2.45) is 0 Å². The largest absolute Gasteiger partial charge is 0.489 e. The summed E-state index contributed by atoms with van der Waals surface area (Å²) in [5, 5.41) is 5.97. The zero-order valence-corrected chi connectivity index (χ0v) is 15.2. The Bertz CT molecular complexity index is 867. The van der Waals surface area contributed by atoms with Crippen molar-refractivity contribution in [3.8, 4) is 5.75 Å². The van der Waals surface area contributed by atoms with Crippen molar-refractivity contribution in [2.45, 2.75) is 20.0 Å². The molecule has 0 radical (unpaired) electrons. The maximum Gasteiger partial charge on any atom is 0.274 e. The average molecular weight is 362 g/mol. The summed E-state index contributed by atoms with van der Waals surface area (Å²) in [5.41, 5.74) is 2.09. The van der Waals surface area contributed by atoms with Crippen LogP contribution in [-0.4, -0.2) is 22.4 Å². The predicted molar refractivity (Wildman–Crippen MR) is 106 cm³/mol. The van der Waals surface area contributed by atoms with Crippen molar-refractivity contribution in [3.05, 3.63) is 78.2 Å². The van der Waals surface area contributed by atoms with Crippen LogP contribution in [0.25, 0.3) is 0 Å². The number of carbonyl (C=O) groups is 1. The van der Waals surface area contributed by atoms with E-state index in [-0.39, 0.29) is 5.91 Å². The number of nitrogens with zero attached hydrogens (tertiary/aromatic N) is 2. The second-order valence-electron chi connectivity index (χ2n) is 5.97. The third-order valence-electron chi connectivity index (χ3n) is 3.82. The SMILES string of the molecule is CCCNc1cc(C(=O)Nc2ccc(OCc3ccccc3)cc2)ncn1. The Kier molecular flexibility index (Phi) is 6.35. The molecule has 0 fully saturated rings. The van der Waals surface area contributed by atoms with E-state index in [2.05, 4.69) is 27.5 Å². The minimum Gasteiger partial charge on any atom is -0.489 e. The van der Waals surface area contributed by atoms with E-state index in [0.29, 0.717) is 23.8 Å². The molecule has 138 valence electrons. The lowest BCUT2D eigenvalue weighted by Gasteiger charge is -2.09. The Morgan fingerprint density at radius 2 is 1.81 bits per heavy atom. The lowest BCUT2D eigenvalue weighted by molar-refractivity contribution is 0.102. The first-order valence-electron chi connectivity index (χ1n) is 8.88. The van der Waals surface area contributed by atoms with Gasteiger partial charge < -0.3 is 15.4 Å². The minimum absolute atomic E-state index is 0.282. The van der Waals surface area contributed by atoms with Gasteiger partial charge in [0.05, 0.1) is 0 Å². The molecule has 1 heterocycles. The quantitative estimate of drug-likeness (QED) is 0.630. The van der Waals surface area contributed by atoms with E-state index in [1.54, 1.807) is 18.2 Å². The second kappa shape index (κ2) is 9.33. The topological polar surface area (TPSA) is 76.1 Å². The van der Waals surface area contributed by atoms with Crippen LogP contribution in [0.15, 0.2) is 67.0 Å². The molecule has 3 aromatic rings. The molecule has 2 N–H and O–H groups in total. The van der Waals surface area contributed by atoms with E-state index < -0.39 is 0 Å². The van der Waals surface area contributed by atoms with Crippen molar-refractivity contribution in [2.75, 3.05) is 17.2 Å².